The number of carbonyl (C=O) groups is 1. The van der Waals surface area contributed by atoms with Gasteiger partial charge in [-0.2, -0.15) is 0 Å². The molecule has 3 heteroatoms. The van der Waals surface area contributed by atoms with Gasteiger partial charge in [0.25, 0.3) is 6.47 Å². The maximum absolute atomic E-state index is 10.2. The molecule has 0 saturated heterocycles. The standard InChI is InChI=1S/C12H23NO2/c1-3-13(4-2)9-11-5-7-12(8-6-11)15-10-14/h10-12H,3-9H2,1-2H3. The lowest BCUT2D eigenvalue weighted by Gasteiger charge is -2.31. The van der Waals surface area contributed by atoms with Crippen molar-refractivity contribution < 1.29 is 9.53 Å². The summed E-state index contributed by atoms with van der Waals surface area (Å²) in [5, 5.41) is 0. The van der Waals surface area contributed by atoms with Gasteiger partial charge in [0.1, 0.15) is 6.10 Å². The van der Waals surface area contributed by atoms with Crippen molar-refractivity contribution in [2.24, 2.45) is 5.92 Å². The van der Waals surface area contributed by atoms with Crippen LogP contribution in [0.1, 0.15) is 39.5 Å². The molecule has 1 aliphatic rings. The Balaban J connectivity index is 2.21. The zero-order valence-corrected chi connectivity index (χ0v) is 9.95. The van der Waals surface area contributed by atoms with Gasteiger partial charge in [-0.3, -0.25) is 4.79 Å². The van der Waals surface area contributed by atoms with Crippen molar-refractivity contribution in [1.82, 2.24) is 4.90 Å². The van der Waals surface area contributed by atoms with Crippen molar-refractivity contribution in [2.75, 3.05) is 19.6 Å². The van der Waals surface area contributed by atoms with Crippen molar-refractivity contribution >= 4 is 6.47 Å². The van der Waals surface area contributed by atoms with Crippen LogP contribution in [0.2, 0.25) is 0 Å². The Morgan fingerprint density at radius 3 is 2.27 bits per heavy atom. The van der Waals surface area contributed by atoms with Gasteiger partial charge in [0, 0.05) is 6.54 Å². The van der Waals surface area contributed by atoms with Crippen LogP contribution in [0.25, 0.3) is 0 Å². The highest BCUT2D eigenvalue weighted by Crippen LogP contribution is 2.26. The van der Waals surface area contributed by atoms with Crippen LogP contribution in [0.4, 0.5) is 0 Å². The van der Waals surface area contributed by atoms with Crippen molar-refractivity contribution in [1.29, 1.82) is 0 Å². The summed E-state index contributed by atoms with van der Waals surface area (Å²) in [5.41, 5.74) is 0. The summed E-state index contributed by atoms with van der Waals surface area (Å²) in [6.07, 6.45) is 4.69. The highest BCUT2D eigenvalue weighted by molar-refractivity contribution is 5.37. The summed E-state index contributed by atoms with van der Waals surface area (Å²) in [6.45, 7) is 8.51. The van der Waals surface area contributed by atoms with Crippen molar-refractivity contribution in [2.45, 2.75) is 45.6 Å². The zero-order valence-electron chi connectivity index (χ0n) is 9.95. The lowest BCUT2D eigenvalue weighted by Crippen LogP contribution is -2.32. The van der Waals surface area contributed by atoms with Crippen molar-refractivity contribution in [3.63, 3.8) is 0 Å². The Labute approximate surface area is 92.8 Å². The lowest BCUT2D eigenvalue weighted by atomic mass is 9.87. The first-order valence-corrected chi connectivity index (χ1v) is 6.11. The van der Waals surface area contributed by atoms with E-state index in [4.69, 9.17) is 4.74 Å². The van der Waals surface area contributed by atoms with Gasteiger partial charge in [0.15, 0.2) is 0 Å². The van der Waals surface area contributed by atoms with Crippen LogP contribution in [-0.2, 0) is 9.53 Å². The van der Waals surface area contributed by atoms with Gasteiger partial charge in [0.2, 0.25) is 0 Å². The molecule has 0 amide bonds. The molecule has 0 N–H and O–H groups in total. The minimum Gasteiger partial charge on any atom is -0.465 e. The smallest absolute Gasteiger partial charge is 0.293 e. The molecule has 0 aliphatic heterocycles. The predicted octanol–water partition coefficient (Wildman–Crippen LogP) is 2.06. The number of ether oxygens (including phenoxy) is 1. The Morgan fingerprint density at radius 1 is 1.20 bits per heavy atom. The molecular formula is C12H23NO2. The Morgan fingerprint density at radius 2 is 1.80 bits per heavy atom. The maximum Gasteiger partial charge on any atom is 0.293 e. The molecule has 1 fully saturated rings. The van der Waals surface area contributed by atoms with Crippen molar-refractivity contribution in [3.8, 4) is 0 Å². The molecule has 0 atom stereocenters. The van der Waals surface area contributed by atoms with E-state index in [0.29, 0.717) is 6.47 Å². The third-order valence-corrected chi connectivity index (χ3v) is 3.45. The van der Waals surface area contributed by atoms with E-state index in [-0.39, 0.29) is 6.10 Å². The third-order valence-electron chi connectivity index (χ3n) is 3.45. The average Bonchev–Trinajstić information content (AvgIpc) is 2.28. The lowest BCUT2D eigenvalue weighted by molar-refractivity contribution is -0.135. The van der Waals surface area contributed by atoms with Crippen LogP contribution in [-0.4, -0.2) is 37.1 Å². The number of nitrogens with zero attached hydrogens (tertiary/aromatic N) is 1. The van der Waals surface area contributed by atoms with Crippen LogP contribution < -0.4 is 0 Å². The SMILES string of the molecule is CCN(CC)CC1CCC(OC=O)CC1. The maximum atomic E-state index is 10.2. The fraction of sp³-hybridized carbons (Fsp3) is 0.917. The molecule has 15 heavy (non-hydrogen) atoms. The van der Waals surface area contributed by atoms with Crippen LogP contribution >= 0.6 is 0 Å². The van der Waals surface area contributed by atoms with E-state index < -0.39 is 0 Å². The topological polar surface area (TPSA) is 29.5 Å². The molecular weight excluding hydrogens is 190 g/mol. The number of rotatable bonds is 6. The van der Waals surface area contributed by atoms with Gasteiger partial charge >= 0.3 is 0 Å². The summed E-state index contributed by atoms with van der Waals surface area (Å²) in [7, 11) is 0. The zero-order chi connectivity index (χ0) is 11.1. The van der Waals surface area contributed by atoms with E-state index in [1.54, 1.807) is 0 Å². The molecule has 0 aromatic heterocycles. The first-order chi connectivity index (χ1) is 7.30. The van der Waals surface area contributed by atoms with Gasteiger partial charge in [-0.15, -0.1) is 0 Å². The summed E-state index contributed by atoms with van der Waals surface area (Å²) in [4.78, 5) is 12.7. The van der Waals surface area contributed by atoms with E-state index in [1.165, 1.54) is 19.4 Å². The van der Waals surface area contributed by atoms with E-state index in [1.807, 2.05) is 0 Å². The molecule has 0 aromatic carbocycles. The summed E-state index contributed by atoms with van der Waals surface area (Å²) >= 11 is 0. The summed E-state index contributed by atoms with van der Waals surface area (Å²) in [5.74, 6) is 0.802. The number of hydrogen-bond donors (Lipinski definition) is 0. The molecule has 88 valence electrons. The predicted molar refractivity (Wildman–Crippen MR) is 60.7 cm³/mol. The molecule has 1 saturated carbocycles. The number of hydrogen-bond acceptors (Lipinski definition) is 3. The molecule has 0 aromatic rings. The average molecular weight is 213 g/mol. The molecule has 0 heterocycles. The normalized spacial score (nSPS) is 26.6. The van der Waals surface area contributed by atoms with Crippen LogP contribution in [0.3, 0.4) is 0 Å². The molecule has 0 spiro atoms. The minimum absolute atomic E-state index is 0.190. The second-order valence-electron chi connectivity index (χ2n) is 4.36. The van der Waals surface area contributed by atoms with Crippen LogP contribution in [0.15, 0.2) is 0 Å². The van der Waals surface area contributed by atoms with Gasteiger partial charge in [-0.1, -0.05) is 13.8 Å². The minimum atomic E-state index is 0.190. The van der Waals surface area contributed by atoms with Gasteiger partial charge < -0.3 is 9.64 Å². The van der Waals surface area contributed by atoms with Gasteiger partial charge in [0.05, 0.1) is 0 Å². The van der Waals surface area contributed by atoms with E-state index in [9.17, 15) is 4.79 Å². The highest BCUT2D eigenvalue weighted by Gasteiger charge is 2.22. The molecule has 3 nitrogen and oxygen atoms in total. The molecule has 1 rings (SSSR count). The monoisotopic (exact) mass is 213 g/mol. The highest BCUT2D eigenvalue weighted by atomic mass is 16.5. The van der Waals surface area contributed by atoms with E-state index >= 15 is 0 Å². The van der Waals surface area contributed by atoms with Crippen molar-refractivity contribution in [3.05, 3.63) is 0 Å². The number of carbonyl (C=O) groups excluding carboxylic acids is 1. The first kappa shape index (κ1) is 12.5. The summed E-state index contributed by atoms with van der Waals surface area (Å²) < 4.78 is 4.99. The van der Waals surface area contributed by atoms with Crippen LogP contribution in [0, 0.1) is 5.92 Å². The Bertz CT molecular complexity index is 172. The Kier molecular flexibility index (Phi) is 5.69. The summed E-state index contributed by atoms with van der Waals surface area (Å²) in [6, 6.07) is 0. The Hall–Kier alpha value is -0.570. The first-order valence-electron chi connectivity index (χ1n) is 6.11. The van der Waals surface area contributed by atoms with Crippen LogP contribution in [0.5, 0.6) is 0 Å². The fourth-order valence-electron chi connectivity index (χ4n) is 2.38. The van der Waals surface area contributed by atoms with Gasteiger partial charge in [-0.25, -0.2) is 0 Å². The molecule has 1 aliphatic carbocycles. The quantitative estimate of drug-likeness (QED) is 0.632. The molecule has 0 radical (unpaired) electrons. The fourth-order valence-corrected chi connectivity index (χ4v) is 2.38. The van der Waals surface area contributed by atoms with E-state index in [2.05, 4.69) is 18.7 Å². The van der Waals surface area contributed by atoms with E-state index in [0.717, 1.165) is 31.8 Å². The second-order valence-corrected chi connectivity index (χ2v) is 4.36. The third kappa shape index (κ3) is 4.20. The second kappa shape index (κ2) is 6.83. The largest absolute Gasteiger partial charge is 0.465 e. The molecule has 0 unspecified atom stereocenters. The van der Waals surface area contributed by atoms with Gasteiger partial charge in [-0.05, 0) is 44.7 Å². The molecule has 0 bridgehead atoms.